The van der Waals surface area contributed by atoms with Crippen molar-refractivity contribution in [3.8, 4) is 5.75 Å². The van der Waals surface area contributed by atoms with E-state index in [-0.39, 0.29) is 12.6 Å². The summed E-state index contributed by atoms with van der Waals surface area (Å²) in [6.45, 7) is 2.10. The number of carboxylic acid groups (broad SMARTS) is 1. The monoisotopic (exact) mass is 402 g/mol. The fourth-order valence-corrected chi connectivity index (χ4v) is 3.26. The molecule has 3 aromatic rings. The van der Waals surface area contributed by atoms with Gasteiger partial charge in [0.25, 0.3) is 0 Å². The van der Waals surface area contributed by atoms with Gasteiger partial charge in [-0.05, 0) is 42.7 Å². The Labute approximate surface area is 168 Å². The van der Waals surface area contributed by atoms with E-state index >= 15 is 0 Å². The maximum Gasteiger partial charge on any atom is 0.341 e. The van der Waals surface area contributed by atoms with Crippen molar-refractivity contribution in [2.24, 2.45) is 0 Å². The van der Waals surface area contributed by atoms with Gasteiger partial charge >= 0.3 is 5.97 Å². The zero-order valence-corrected chi connectivity index (χ0v) is 16.2. The Morgan fingerprint density at radius 3 is 2.71 bits per heavy atom. The van der Waals surface area contributed by atoms with E-state index in [4.69, 9.17) is 21.4 Å². The number of benzene rings is 2. The van der Waals surface area contributed by atoms with E-state index in [9.17, 15) is 9.90 Å². The Kier molecular flexibility index (Phi) is 6.57. The number of carbonyl (C=O) groups is 1. The average molecular weight is 403 g/mol. The van der Waals surface area contributed by atoms with Crippen molar-refractivity contribution in [2.75, 3.05) is 13.2 Å². The Hall–Kier alpha value is -2.54. The summed E-state index contributed by atoms with van der Waals surface area (Å²) in [5, 5.41) is 24.1. The topological polar surface area (TPSA) is 94.6 Å². The summed E-state index contributed by atoms with van der Waals surface area (Å²) in [5.74, 6) is -0.495. The molecule has 148 valence electrons. The Bertz CT molecular complexity index is 939. The van der Waals surface area contributed by atoms with Crippen molar-refractivity contribution >= 4 is 28.5 Å². The molecule has 4 N–H and O–H groups in total. The quantitative estimate of drug-likeness (QED) is 0.439. The number of halogens is 1. The van der Waals surface area contributed by atoms with Crippen LogP contribution in [0, 0.1) is 0 Å². The lowest BCUT2D eigenvalue weighted by molar-refractivity contribution is -0.139. The molecule has 0 spiro atoms. The normalized spacial score (nSPS) is 13.4. The minimum atomic E-state index is -1.01. The first-order valence-electron chi connectivity index (χ1n) is 9.04. The highest BCUT2D eigenvalue weighted by Gasteiger charge is 2.14. The van der Waals surface area contributed by atoms with Crippen LogP contribution in [0.5, 0.6) is 5.75 Å². The van der Waals surface area contributed by atoms with E-state index in [0.29, 0.717) is 17.3 Å². The standard InChI is InChI=1S/C21H23ClN2O4/c1-13(23-11-18(25)14-5-7-16(22)8-6-14)9-15-10-24-21-17(15)3-2-4-19(21)28-12-20(26)27/h2-8,10,13,18,23-25H,9,11-12H2,1H3,(H,26,27)/t13-,18+/m1/s1. The van der Waals surface area contributed by atoms with Gasteiger partial charge in [-0.15, -0.1) is 0 Å². The van der Waals surface area contributed by atoms with E-state index < -0.39 is 12.1 Å². The molecule has 0 saturated carbocycles. The van der Waals surface area contributed by atoms with E-state index in [1.165, 1.54) is 0 Å². The molecule has 7 heteroatoms. The fourth-order valence-electron chi connectivity index (χ4n) is 3.13. The minimum absolute atomic E-state index is 0.129. The maximum absolute atomic E-state index is 10.7. The van der Waals surface area contributed by atoms with Gasteiger partial charge in [0.1, 0.15) is 5.75 Å². The molecule has 2 aromatic carbocycles. The predicted molar refractivity (Wildman–Crippen MR) is 109 cm³/mol. The molecule has 0 unspecified atom stereocenters. The summed E-state index contributed by atoms with van der Waals surface area (Å²) in [5.41, 5.74) is 2.69. The Morgan fingerprint density at radius 2 is 2.00 bits per heavy atom. The predicted octanol–water partition coefficient (Wildman–Crippen LogP) is 3.54. The summed E-state index contributed by atoms with van der Waals surface area (Å²) in [7, 11) is 0. The molecule has 0 aliphatic carbocycles. The van der Waals surface area contributed by atoms with Crippen LogP contribution in [0.4, 0.5) is 0 Å². The van der Waals surface area contributed by atoms with Gasteiger partial charge in [-0.2, -0.15) is 0 Å². The first-order valence-corrected chi connectivity index (χ1v) is 9.42. The highest BCUT2D eigenvalue weighted by Crippen LogP contribution is 2.28. The van der Waals surface area contributed by atoms with Gasteiger partial charge in [-0.1, -0.05) is 35.9 Å². The number of aromatic nitrogens is 1. The van der Waals surface area contributed by atoms with Crippen LogP contribution in [0.15, 0.2) is 48.7 Å². The first-order chi connectivity index (χ1) is 13.4. The number of H-pyrrole nitrogens is 1. The van der Waals surface area contributed by atoms with Crippen molar-refractivity contribution in [1.82, 2.24) is 10.3 Å². The van der Waals surface area contributed by atoms with Crippen LogP contribution in [0.1, 0.15) is 24.2 Å². The number of aliphatic carboxylic acids is 1. The third kappa shape index (κ3) is 5.04. The van der Waals surface area contributed by atoms with Crippen molar-refractivity contribution in [2.45, 2.75) is 25.5 Å². The van der Waals surface area contributed by atoms with E-state index in [2.05, 4.69) is 17.2 Å². The number of hydrogen-bond donors (Lipinski definition) is 4. The number of carboxylic acids is 1. The fraction of sp³-hybridized carbons (Fsp3) is 0.286. The van der Waals surface area contributed by atoms with E-state index in [1.807, 2.05) is 30.5 Å². The van der Waals surface area contributed by atoms with Gasteiger partial charge < -0.3 is 25.3 Å². The highest BCUT2D eigenvalue weighted by atomic mass is 35.5. The van der Waals surface area contributed by atoms with Gasteiger partial charge in [0.15, 0.2) is 6.61 Å². The molecule has 1 heterocycles. The van der Waals surface area contributed by atoms with Gasteiger partial charge in [-0.3, -0.25) is 0 Å². The van der Waals surface area contributed by atoms with Crippen molar-refractivity contribution in [3.05, 3.63) is 64.8 Å². The molecular weight excluding hydrogens is 380 g/mol. The summed E-state index contributed by atoms with van der Waals surface area (Å²) in [4.78, 5) is 13.9. The number of rotatable bonds is 9. The minimum Gasteiger partial charge on any atom is -0.480 e. The molecule has 0 bridgehead atoms. The van der Waals surface area contributed by atoms with Crippen LogP contribution in [-0.4, -0.2) is 40.4 Å². The van der Waals surface area contributed by atoms with Gasteiger partial charge in [0.05, 0.1) is 11.6 Å². The van der Waals surface area contributed by atoms with Gasteiger partial charge in [-0.25, -0.2) is 4.79 Å². The average Bonchev–Trinajstić information content (AvgIpc) is 3.08. The third-order valence-corrected chi connectivity index (χ3v) is 4.81. The SMILES string of the molecule is C[C@H](Cc1c[nH]c2c(OCC(=O)O)cccc12)NC[C@H](O)c1ccc(Cl)cc1. The summed E-state index contributed by atoms with van der Waals surface area (Å²) < 4.78 is 5.35. The molecule has 1 aromatic heterocycles. The second-order valence-electron chi connectivity index (χ2n) is 6.76. The van der Waals surface area contributed by atoms with Gasteiger partial charge in [0.2, 0.25) is 0 Å². The third-order valence-electron chi connectivity index (χ3n) is 4.55. The number of aromatic amines is 1. The van der Waals surface area contributed by atoms with E-state index in [1.54, 1.807) is 18.2 Å². The molecule has 0 fully saturated rings. The number of para-hydroxylation sites is 1. The Balaban J connectivity index is 1.61. The number of aliphatic hydroxyl groups excluding tert-OH is 1. The number of ether oxygens (including phenoxy) is 1. The van der Waals surface area contributed by atoms with Crippen LogP contribution in [-0.2, 0) is 11.2 Å². The molecule has 3 rings (SSSR count). The summed E-state index contributed by atoms with van der Waals surface area (Å²) in [6.07, 6.45) is 2.04. The lowest BCUT2D eigenvalue weighted by atomic mass is 10.0. The van der Waals surface area contributed by atoms with Crippen LogP contribution in [0.25, 0.3) is 10.9 Å². The highest BCUT2D eigenvalue weighted by molar-refractivity contribution is 6.30. The molecule has 0 saturated heterocycles. The van der Waals surface area contributed by atoms with Gasteiger partial charge in [0, 0.05) is 29.2 Å². The first kappa shape index (κ1) is 20.2. The number of nitrogens with one attached hydrogen (secondary N) is 2. The lowest BCUT2D eigenvalue weighted by Crippen LogP contribution is -2.32. The molecule has 2 atom stereocenters. The van der Waals surface area contributed by atoms with Crippen LogP contribution in [0.3, 0.4) is 0 Å². The number of fused-ring (bicyclic) bond motifs is 1. The number of hydrogen-bond acceptors (Lipinski definition) is 4. The van der Waals surface area contributed by atoms with E-state index in [0.717, 1.165) is 28.5 Å². The molecule has 0 amide bonds. The van der Waals surface area contributed by atoms with Crippen LogP contribution >= 0.6 is 11.6 Å². The molecular formula is C21H23ClN2O4. The largest absolute Gasteiger partial charge is 0.480 e. The lowest BCUT2D eigenvalue weighted by Gasteiger charge is -2.17. The van der Waals surface area contributed by atoms with Crippen molar-refractivity contribution < 1.29 is 19.7 Å². The molecule has 0 aliphatic rings. The second kappa shape index (κ2) is 9.10. The molecule has 0 radical (unpaired) electrons. The van der Waals surface area contributed by atoms with Crippen molar-refractivity contribution in [3.63, 3.8) is 0 Å². The number of aliphatic hydroxyl groups is 1. The molecule has 0 aliphatic heterocycles. The Morgan fingerprint density at radius 1 is 1.25 bits per heavy atom. The maximum atomic E-state index is 10.7. The summed E-state index contributed by atoms with van der Waals surface area (Å²) in [6, 6.07) is 12.9. The zero-order valence-electron chi connectivity index (χ0n) is 15.5. The smallest absolute Gasteiger partial charge is 0.341 e. The van der Waals surface area contributed by atoms with Crippen LogP contribution < -0.4 is 10.1 Å². The zero-order chi connectivity index (χ0) is 20.1. The van der Waals surface area contributed by atoms with Crippen LogP contribution in [0.2, 0.25) is 5.02 Å². The van der Waals surface area contributed by atoms with Crippen molar-refractivity contribution in [1.29, 1.82) is 0 Å². The molecule has 28 heavy (non-hydrogen) atoms. The summed E-state index contributed by atoms with van der Waals surface area (Å²) >= 11 is 5.88. The molecule has 6 nitrogen and oxygen atoms in total. The second-order valence-corrected chi connectivity index (χ2v) is 7.19.